The number of primary sulfonamides is 1. The highest BCUT2D eigenvalue weighted by Gasteiger charge is 2.30. The number of rotatable bonds is 3. The number of nitrogens with two attached hydrogens (primary N) is 1. The van der Waals surface area contributed by atoms with Crippen LogP contribution >= 0.6 is 0 Å². The zero-order chi connectivity index (χ0) is 15.7. The highest BCUT2D eigenvalue weighted by atomic mass is 32.2. The Labute approximate surface area is 122 Å². The second-order valence-corrected chi connectivity index (χ2v) is 6.88. The Hall–Kier alpha value is -1.51. The van der Waals surface area contributed by atoms with E-state index in [9.17, 15) is 17.6 Å². The van der Waals surface area contributed by atoms with Crippen molar-refractivity contribution in [2.75, 3.05) is 13.2 Å². The molecule has 1 aliphatic heterocycles. The highest BCUT2D eigenvalue weighted by Crippen LogP contribution is 2.21. The second-order valence-electron chi connectivity index (χ2n) is 5.31. The Balaban J connectivity index is 2.20. The average Bonchev–Trinajstić information content (AvgIpc) is 2.37. The van der Waals surface area contributed by atoms with Crippen molar-refractivity contribution in [3.8, 4) is 0 Å². The first-order valence-corrected chi connectivity index (χ1v) is 7.99. The Morgan fingerprint density at radius 2 is 2.00 bits per heavy atom. The predicted octanol–water partition coefficient (Wildman–Crippen LogP) is 0.772. The highest BCUT2D eigenvalue weighted by molar-refractivity contribution is 7.89. The number of ether oxygens (including phenoxy) is 1. The van der Waals surface area contributed by atoms with Gasteiger partial charge in [0.1, 0.15) is 5.82 Å². The fourth-order valence-corrected chi connectivity index (χ4v) is 2.67. The van der Waals surface area contributed by atoms with E-state index in [1.807, 2.05) is 6.92 Å². The number of halogens is 1. The van der Waals surface area contributed by atoms with Crippen molar-refractivity contribution in [1.29, 1.82) is 0 Å². The minimum atomic E-state index is -4.00. The van der Waals surface area contributed by atoms with E-state index in [1.165, 1.54) is 0 Å². The summed E-state index contributed by atoms with van der Waals surface area (Å²) in [6, 6.07) is 2.98. The first-order valence-electron chi connectivity index (χ1n) is 6.44. The van der Waals surface area contributed by atoms with E-state index in [1.54, 1.807) is 0 Å². The van der Waals surface area contributed by atoms with Gasteiger partial charge in [-0.3, -0.25) is 4.79 Å². The van der Waals surface area contributed by atoms with Crippen LogP contribution in [0, 0.1) is 5.82 Å². The van der Waals surface area contributed by atoms with Crippen molar-refractivity contribution in [2.24, 2.45) is 5.14 Å². The monoisotopic (exact) mass is 316 g/mol. The van der Waals surface area contributed by atoms with Gasteiger partial charge >= 0.3 is 0 Å². The maximum absolute atomic E-state index is 13.9. The molecule has 0 unspecified atom stereocenters. The van der Waals surface area contributed by atoms with Crippen molar-refractivity contribution >= 4 is 15.9 Å². The number of carbonyl (C=O) groups excluding carboxylic acids is 1. The molecule has 1 aromatic carbocycles. The Morgan fingerprint density at radius 3 is 2.52 bits per heavy atom. The van der Waals surface area contributed by atoms with Crippen LogP contribution in [0.15, 0.2) is 23.1 Å². The molecule has 1 fully saturated rings. The molecular weight excluding hydrogens is 299 g/mol. The van der Waals surface area contributed by atoms with Gasteiger partial charge in [0.2, 0.25) is 10.0 Å². The molecule has 8 heteroatoms. The van der Waals surface area contributed by atoms with E-state index in [4.69, 9.17) is 9.88 Å². The Bertz CT molecular complexity index is 654. The number of carbonyl (C=O) groups is 1. The fourth-order valence-electron chi connectivity index (χ4n) is 2.15. The number of sulfonamides is 1. The minimum Gasteiger partial charge on any atom is -0.381 e. The van der Waals surface area contributed by atoms with Crippen LogP contribution in [0.1, 0.15) is 30.1 Å². The molecule has 116 valence electrons. The van der Waals surface area contributed by atoms with Gasteiger partial charge in [0.15, 0.2) is 0 Å². The van der Waals surface area contributed by atoms with Gasteiger partial charge < -0.3 is 10.1 Å². The summed E-state index contributed by atoms with van der Waals surface area (Å²) in [6.45, 7) is 2.93. The summed E-state index contributed by atoms with van der Waals surface area (Å²) in [5.41, 5.74) is -0.671. The summed E-state index contributed by atoms with van der Waals surface area (Å²) in [7, 11) is -4.00. The molecule has 0 bridgehead atoms. The fraction of sp³-hybridized carbons (Fsp3) is 0.462. The van der Waals surface area contributed by atoms with Gasteiger partial charge in [-0.25, -0.2) is 17.9 Å². The maximum Gasteiger partial charge on any atom is 0.254 e. The van der Waals surface area contributed by atoms with Crippen molar-refractivity contribution < 1.29 is 22.3 Å². The van der Waals surface area contributed by atoms with Crippen molar-refractivity contribution in [3.63, 3.8) is 0 Å². The first kappa shape index (κ1) is 15.9. The third-order valence-corrected chi connectivity index (χ3v) is 4.44. The molecule has 1 saturated heterocycles. The zero-order valence-electron chi connectivity index (χ0n) is 11.6. The molecule has 3 N–H and O–H groups in total. The lowest BCUT2D eigenvalue weighted by Crippen LogP contribution is -2.49. The summed E-state index contributed by atoms with van der Waals surface area (Å²) < 4.78 is 41.4. The summed E-state index contributed by atoms with van der Waals surface area (Å²) in [5, 5.41) is 7.68. The SMILES string of the molecule is CC1(NC(=O)c2ccc(S(N)(=O)=O)cc2F)CCOCC1. The topological polar surface area (TPSA) is 98.5 Å². The third-order valence-electron chi connectivity index (χ3n) is 3.53. The first-order chi connectivity index (χ1) is 9.71. The molecule has 21 heavy (non-hydrogen) atoms. The van der Waals surface area contributed by atoms with Gasteiger partial charge in [0, 0.05) is 18.8 Å². The maximum atomic E-state index is 13.9. The molecule has 1 aromatic rings. The number of hydrogen-bond donors (Lipinski definition) is 2. The average molecular weight is 316 g/mol. The largest absolute Gasteiger partial charge is 0.381 e. The number of benzene rings is 1. The van der Waals surface area contributed by atoms with Gasteiger partial charge in [0.25, 0.3) is 5.91 Å². The molecule has 1 amide bonds. The van der Waals surface area contributed by atoms with Gasteiger partial charge in [-0.15, -0.1) is 0 Å². The molecule has 1 aliphatic rings. The molecule has 0 atom stereocenters. The summed E-state index contributed by atoms with van der Waals surface area (Å²) >= 11 is 0. The molecule has 0 saturated carbocycles. The van der Waals surface area contributed by atoms with Gasteiger partial charge in [-0.2, -0.15) is 0 Å². The van der Waals surface area contributed by atoms with Gasteiger partial charge in [-0.1, -0.05) is 0 Å². The van der Waals surface area contributed by atoms with Gasteiger partial charge in [-0.05, 0) is 38.0 Å². The van der Waals surface area contributed by atoms with Crippen LogP contribution in [0.4, 0.5) is 4.39 Å². The molecule has 1 heterocycles. The van der Waals surface area contributed by atoms with Crippen LogP contribution in [-0.4, -0.2) is 33.1 Å². The van der Waals surface area contributed by atoms with Crippen molar-refractivity contribution in [3.05, 3.63) is 29.6 Å². The Kier molecular flexibility index (Phi) is 4.31. The lowest BCUT2D eigenvalue weighted by Gasteiger charge is -2.34. The molecular formula is C13H17FN2O4S. The molecule has 2 rings (SSSR count). The summed E-state index contributed by atoms with van der Waals surface area (Å²) in [5.74, 6) is -1.51. The van der Waals surface area contributed by atoms with E-state index in [-0.39, 0.29) is 10.5 Å². The molecule has 6 nitrogen and oxygen atoms in total. The predicted molar refractivity (Wildman–Crippen MR) is 73.7 cm³/mol. The van der Waals surface area contributed by atoms with Crippen molar-refractivity contribution in [1.82, 2.24) is 5.32 Å². The zero-order valence-corrected chi connectivity index (χ0v) is 12.4. The Morgan fingerprint density at radius 1 is 1.38 bits per heavy atom. The lowest BCUT2D eigenvalue weighted by atomic mass is 9.92. The number of hydrogen-bond acceptors (Lipinski definition) is 4. The second kappa shape index (κ2) is 5.70. The van der Waals surface area contributed by atoms with Crippen LogP contribution < -0.4 is 10.5 Å². The molecule has 0 aliphatic carbocycles. The third kappa shape index (κ3) is 3.78. The van der Waals surface area contributed by atoms with E-state index in [2.05, 4.69) is 5.32 Å². The van der Waals surface area contributed by atoms with Crippen LogP contribution in [-0.2, 0) is 14.8 Å². The van der Waals surface area contributed by atoms with E-state index < -0.39 is 27.3 Å². The quantitative estimate of drug-likeness (QED) is 0.860. The van der Waals surface area contributed by atoms with Crippen LogP contribution in [0.3, 0.4) is 0 Å². The van der Waals surface area contributed by atoms with Crippen LogP contribution in [0.5, 0.6) is 0 Å². The summed E-state index contributed by atoms with van der Waals surface area (Å²) in [6.07, 6.45) is 1.27. The standard InChI is InChI=1S/C13H17FN2O4S/c1-13(4-6-20-7-5-13)16-12(17)10-3-2-9(8-11(10)14)21(15,18)19/h2-3,8H,4-7H2,1H3,(H,16,17)(H2,15,18,19). The van der Waals surface area contributed by atoms with Crippen LogP contribution in [0.2, 0.25) is 0 Å². The minimum absolute atomic E-state index is 0.213. The number of amides is 1. The van der Waals surface area contributed by atoms with Crippen LogP contribution in [0.25, 0.3) is 0 Å². The smallest absolute Gasteiger partial charge is 0.254 e. The normalized spacial score (nSPS) is 18.2. The molecule has 0 aromatic heterocycles. The number of nitrogens with one attached hydrogen (secondary N) is 1. The lowest BCUT2D eigenvalue weighted by molar-refractivity contribution is 0.0421. The van der Waals surface area contributed by atoms with E-state index in [0.717, 1.165) is 18.2 Å². The summed E-state index contributed by atoms with van der Waals surface area (Å²) in [4.78, 5) is 11.8. The van der Waals surface area contributed by atoms with Crippen molar-refractivity contribution in [2.45, 2.75) is 30.2 Å². The molecule has 0 spiro atoms. The van der Waals surface area contributed by atoms with E-state index >= 15 is 0 Å². The van der Waals surface area contributed by atoms with Gasteiger partial charge in [0.05, 0.1) is 10.5 Å². The molecule has 0 radical (unpaired) electrons. The van der Waals surface area contributed by atoms with E-state index in [0.29, 0.717) is 26.1 Å².